The van der Waals surface area contributed by atoms with Gasteiger partial charge in [-0.3, -0.25) is 9.69 Å². The molecule has 1 aromatic rings. The Labute approximate surface area is 95.7 Å². The summed E-state index contributed by atoms with van der Waals surface area (Å²) in [6, 6.07) is 0.0117. The van der Waals surface area contributed by atoms with Gasteiger partial charge >= 0.3 is 0 Å². The Bertz CT molecular complexity index is 406. The summed E-state index contributed by atoms with van der Waals surface area (Å²) in [5.41, 5.74) is 8.19. The quantitative estimate of drug-likeness (QED) is 0.483. The van der Waals surface area contributed by atoms with Crippen LogP contribution < -0.4 is 5.32 Å². The van der Waals surface area contributed by atoms with E-state index in [1.54, 1.807) is 11.6 Å². The number of nitrogens with zero attached hydrogens (tertiary/aromatic N) is 5. The van der Waals surface area contributed by atoms with Crippen molar-refractivity contribution in [3.05, 3.63) is 22.0 Å². The third-order valence-corrected chi connectivity index (χ3v) is 2.89. The number of hydrogen-bond donors (Lipinski definition) is 1. The Balaban J connectivity index is 1.71. The maximum Gasteiger partial charge on any atom is 0.240 e. The van der Waals surface area contributed by atoms with Gasteiger partial charge in [-0.25, -0.2) is 4.98 Å². The minimum Gasteiger partial charge on any atom is -0.301 e. The number of thiazole rings is 1. The van der Waals surface area contributed by atoms with Crippen LogP contribution in [0, 0.1) is 0 Å². The molecule has 1 aliphatic heterocycles. The lowest BCUT2D eigenvalue weighted by Crippen LogP contribution is -2.52. The highest BCUT2D eigenvalue weighted by Crippen LogP contribution is 2.13. The summed E-state index contributed by atoms with van der Waals surface area (Å²) in [5.74, 6) is -0.0886. The Morgan fingerprint density at radius 1 is 1.81 bits per heavy atom. The second-order valence-electron chi connectivity index (χ2n) is 3.44. The Morgan fingerprint density at radius 3 is 3.25 bits per heavy atom. The summed E-state index contributed by atoms with van der Waals surface area (Å²) in [6.45, 7) is 1.61. The van der Waals surface area contributed by atoms with E-state index in [1.807, 2.05) is 4.90 Å². The van der Waals surface area contributed by atoms with Crippen LogP contribution in [-0.2, 0) is 4.79 Å². The SMILES string of the molecule is [N-]=[N+]=NC1CN(CC(=O)Nc2nccs2)C1. The van der Waals surface area contributed by atoms with Crippen LogP contribution in [0.1, 0.15) is 0 Å². The molecule has 0 bridgehead atoms. The highest BCUT2D eigenvalue weighted by Gasteiger charge is 2.27. The van der Waals surface area contributed by atoms with Gasteiger partial charge in [0.05, 0.1) is 12.6 Å². The van der Waals surface area contributed by atoms with E-state index in [4.69, 9.17) is 5.53 Å². The van der Waals surface area contributed by atoms with Gasteiger partial charge in [0.25, 0.3) is 0 Å². The molecule has 0 atom stereocenters. The second-order valence-corrected chi connectivity index (χ2v) is 4.33. The van der Waals surface area contributed by atoms with Gasteiger partial charge < -0.3 is 5.32 Å². The van der Waals surface area contributed by atoms with Gasteiger partial charge in [0.15, 0.2) is 5.13 Å². The van der Waals surface area contributed by atoms with E-state index >= 15 is 0 Å². The monoisotopic (exact) mass is 238 g/mol. The van der Waals surface area contributed by atoms with E-state index in [1.165, 1.54) is 11.3 Å². The summed E-state index contributed by atoms with van der Waals surface area (Å²) in [4.78, 5) is 20.1. The first-order valence-corrected chi connectivity index (χ1v) is 5.62. The van der Waals surface area contributed by atoms with Gasteiger partial charge in [-0.15, -0.1) is 11.3 Å². The van der Waals surface area contributed by atoms with Gasteiger partial charge in [0.1, 0.15) is 0 Å². The fourth-order valence-corrected chi connectivity index (χ4v) is 2.01. The third kappa shape index (κ3) is 2.69. The fraction of sp³-hybridized carbons (Fsp3) is 0.500. The average molecular weight is 238 g/mol. The number of amides is 1. The summed E-state index contributed by atoms with van der Waals surface area (Å²) >= 11 is 1.38. The highest BCUT2D eigenvalue weighted by atomic mass is 32.1. The zero-order valence-corrected chi connectivity index (χ0v) is 9.22. The molecule has 7 nitrogen and oxygen atoms in total. The van der Waals surface area contributed by atoms with Crippen LogP contribution in [0.4, 0.5) is 5.13 Å². The number of rotatable bonds is 4. The minimum atomic E-state index is -0.0886. The Morgan fingerprint density at radius 2 is 2.62 bits per heavy atom. The van der Waals surface area contributed by atoms with Crippen LogP contribution in [-0.4, -0.2) is 41.5 Å². The molecule has 0 aromatic carbocycles. The van der Waals surface area contributed by atoms with Gasteiger partial charge in [0, 0.05) is 29.6 Å². The molecular weight excluding hydrogens is 228 g/mol. The molecule has 1 aromatic heterocycles. The Hall–Kier alpha value is -1.63. The molecule has 0 aliphatic carbocycles. The number of likely N-dealkylation sites (tertiary alicyclic amines) is 1. The normalized spacial score (nSPS) is 16.2. The molecule has 2 heterocycles. The second kappa shape index (κ2) is 4.93. The number of nitrogens with one attached hydrogen (secondary N) is 1. The molecule has 1 N–H and O–H groups in total. The molecule has 1 aliphatic rings. The number of aromatic nitrogens is 1. The molecular formula is C8H10N6OS. The van der Waals surface area contributed by atoms with Gasteiger partial charge in [0.2, 0.25) is 5.91 Å². The molecule has 0 spiro atoms. The third-order valence-electron chi connectivity index (χ3n) is 2.20. The molecule has 0 saturated carbocycles. The first kappa shape index (κ1) is 10.9. The van der Waals surface area contributed by atoms with Gasteiger partial charge in [-0.2, -0.15) is 0 Å². The Kier molecular flexibility index (Phi) is 3.35. The van der Waals surface area contributed by atoms with Crippen molar-refractivity contribution in [3.8, 4) is 0 Å². The van der Waals surface area contributed by atoms with E-state index in [0.717, 1.165) is 0 Å². The molecule has 2 rings (SSSR count). The lowest BCUT2D eigenvalue weighted by atomic mass is 10.1. The van der Waals surface area contributed by atoms with Crippen molar-refractivity contribution in [2.75, 3.05) is 25.0 Å². The van der Waals surface area contributed by atoms with Crippen molar-refractivity contribution in [1.29, 1.82) is 0 Å². The minimum absolute atomic E-state index is 0.0117. The van der Waals surface area contributed by atoms with Crippen molar-refractivity contribution in [2.24, 2.45) is 5.11 Å². The maximum absolute atomic E-state index is 11.5. The van der Waals surface area contributed by atoms with Crippen molar-refractivity contribution in [2.45, 2.75) is 6.04 Å². The zero-order chi connectivity index (χ0) is 11.4. The molecule has 0 radical (unpaired) electrons. The molecule has 1 saturated heterocycles. The lowest BCUT2D eigenvalue weighted by molar-refractivity contribution is -0.118. The predicted molar refractivity (Wildman–Crippen MR) is 60.1 cm³/mol. The van der Waals surface area contributed by atoms with Crippen LogP contribution in [0.25, 0.3) is 10.4 Å². The van der Waals surface area contributed by atoms with Crippen LogP contribution in [0.5, 0.6) is 0 Å². The van der Waals surface area contributed by atoms with Crippen molar-refractivity contribution in [3.63, 3.8) is 0 Å². The van der Waals surface area contributed by atoms with Crippen molar-refractivity contribution >= 4 is 22.4 Å². The van der Waals surface area contributed by atoms with E-state index in [2.05, 4.69) is 20.3 Å². The molecule has 16 heavy (non-hydrogen) atoms. The van der Waals surface area contributed by atoms with Crippen LogP contribution in [0.3, 0.4) is 0 Å². The number of azide groups is 1. The molecule has 1 amide bonds. The summed E-state index contributed by atoms with van der Waals surface area (Å²) < 4.78 is 0. The first-order valence-electron chi connectivity index (χ1n) is 4.74. The topological polar surface area (TPSA) is 94.0 Å². The molecule has 8 heteroatoms. The first-order chi connectivity index (χ1) is 7.78. The number of carbonyl (C=O) groups excluding carboxylic acids is 1. The van der Waals surface area contributed by atoms with Crippen molar-refractivity contribution in [1.82, 2.24) is 9.88 Å². The van der Waals surface area contributed by atoms with Crippen LogP contribution >= 0.6 is 11.3 Å². The molecule has 84 valence electrons. The zero-order valence-electron chi connectivity index (χ0n) is 8.41. The summed E-state index contributed by atoms with van der Waals surface area (Å²) in [5, 5.41) is 8.66. The maximum atomic E-state index is 11.5. The molecule has 1 fully saturated rings. The number of anilines is 1. The van der Waals surface area contributed by atoms with Crippen LogP contribution in [0.2, 0.25) is 0 Å². The van der Waals surface area contributed by atoms with E-state index < -0.39 is 0 Å². The highest BCUT2D eigenvalue weighted by molar-refractivity contribution is 7.13. The van der Waals surface area contributed by atoms with Crippen molar-refractivity contribution < 1.29 is 4.79 Å². The van der Waals surface area contributed by atoms with Crippen LogP contribution in [0.15, 0.2) is 16.7 Å². The largest absolute Gasteiger partial charge is 0.301 e. The molecule has 0 unspecified atom stereocenters. The smallest absolute Gasteiger partial charge is 0.240 e. The van der Waals surface area contributed by atoms with E-state index in [0.29, 0.717) is 24.8 Å². The summed E-state index contributed by atoms with van der Waals surface area (Å²) in [7, 11) is 0. The van der Waals surface area contributed by atoms with Gasteiger partial charge in [-0.05, 0) is 5.53 Å². The average Bonchev–Trinajstić information content (AvgIpc) is 2.67. The number of carbonyl (C=O) groups is 1. The van der Waals surface area contributed by atoms with E-state index in [9.17, 15) is 4.79 Å². The predicted octanol–water partition coefficient (Wildman–Crippen LogP) is 1.08. The summed E-state index contributed by atoms with van der Waals surface area (Å²) in [6.07, 6.45) is 1.64. The number of hydrogen-bond acceptors (Lipinski definition) is 5. The van der Waals surface area contributed by atoms with E-state index in [-0.39, 0.29) is 11.9 Å². The van der Waals surface area contributed by atoms with Gasteiger partial charge in [-0.1, -0.05) is 5.11 Å². The lowest BCUT2D eigenvalue weighted by Gasteiger charge is -2.35. The standard InChI is InChI=1S/C8H10N6OS/c9-13-12-6-3-14(4-6)5-7(15)11-8-10-1-2-16-8/h1-2,6H,3-5H2,(H,10,11,15). The fourth-order valence-electron chi connectivity index (χ4n) is 1.46.